The third-order valence-corrected chi connectivity index (χ3v) is 2.56. The van der Waals surface area contributed by atoms with Gasteiger partial charge in [0.25, 0.3) is 0 Å². The van der Waals surface area contributed by atoms with Crippen LogP contribution in [0.3, 0.4) is 0 Å². The summed E-state index contributed by atoms with van der Waals surface area (Å²) in [6.45, 7) is 3.81. The summed E-state index contributed by atoms with van der Waals surface area (Å²) >= 11 is 0. The standard InChI is InChI=1S/C13H13NO2/c1-13(2)15-11-6-5-9(8-12(11)16-13)10-4-3-7-14-10/h3-8,14H,1-2H3. The van der Waals surface area contributed by atoms with E-state index in [1.165, 1.54) is 0 Å². The topological polar surface area (TPSA) is 34.2 Å². The second-order valence-electron chi connectivity index (χ2n) is 4.35. The van der Waals surface area contributed by atoms with E-state index in [4.69, 9.17) is 9.47 Å². The smallest absolute Gasteiger partial charge is 0.246 e. The minimum Gasteiger partial charge on any atom is -0.449 e. The zero-order valence-corrected chi connectivity index (χ0v) is 9.28. The highest BCUT2D eigenvalue weighted by molar-refractivity contribution is 5.64. The van der Waals surface area contributed by atoms with Gasteiger partial charge in [-0.1, -0.05) is 0 Å². The van der Waals surface area contributed by atoms with Crippen molar-refractivity contribution in [3.05, 3.63) is 36.5 Å². The lowest BCUT2D eigenvalue weighted by Crippen LogP contribution is -2.29. The molecule has 3 heteroatoms. The van der Waals surface area contributed by atoms with Crippen LogP contribution in [0.2, 0.25) is 0 Å². The Kier molecular flexibility index (Phi) is 1.78. The quantitative estimate of drug-likeness (QED) is 0.792. The van der Waals surface area contributed by atoms with Crippen molar-refractivity contribution in [2.75, 3.05) is 0 Å². The van der Waals surface area contributed by atoms with Gasteiger partial charge in [0.15, 0.2) is 11.5 Å². The van der Waals surface area contributed by atoms with Gasteiger partial charge >= 0.3 is 0 Å². The number of aromatic nitrogens is 1. The number of ether oxygens (including phenoxy) is 2. The average Bonchev–Trinajstić information content (AvgIpc) is 2.80. The van der Waals surface area contributed by atoms with E-state index in [1.54, 1.807) is 0 Å². The average molecular weight is 215 g/mol. The van der Waals surface area contributed by atoms with E-state index in [9.17, 15) is 0 Å². The van der Waals surface area contributed by atoms with Gasteiger partial charge in [0.2, 0.25) is 5.79 Å². The highest BCUT2D eigenvalue weighted by Crippen LogP contribution is 2.41. The Bertz CT molecular complexity index is 515. The van der Waals surface area contributed by atoms with Gasteiger partial charge in [0.05, 0.1) is 0 Å². The number of hydrogen-bond donors (Lipinski definition) is 1. The molecular formula is C13H13NO2. The van der Waals surface area contributed by atoms with Crippen molar-refractivity contribution in [3.63, 3.8) is 0 Å². The Morgan fingerprint density at radius 2 is 1.88 bits per heavy atom. The van der Waals surface area contributed by atoms with Crippen molar-refractivity contribution in [1.29, 1.82) is 0 Å². The summed E-state index contributed by atoms with van der Waals surface area (Å²) in [5.74, 6) is 1.05. The van der Waals surface area contributed by atoms with E-state index in [0.29, 0.717) is 0 Å². The largest absolute Gasteiger partial charge is 0.449 e. The highest BCUT2D eigenvalue weighted by Gasteiger charge is 2.31. The lowest BCUT2D eigenvalue weighted by atomic mass is 10.1. The highest BCUT2D eigenvalue weighted by atomic mass is 16.7. The van der Waals surface area contributed by atoms with Gasteiger partial charge < -0.3 is 14.5 Å². The summed E-state index contributed by atoms with van der Waals surface area (Å²) in [6, 6.07) is 9.97. The van der Waals surface area contributed by atoms with E-state index in [1.807, 2.05) is 50.4 Å². The van der Waals surface area contributed by atoms with Crippen LogP contribution in [0.1, 0.15) is 13.8 Å². The first-order valence-corrected chi connectivity index (χ1v) is 5.30. The number of H-pyrrole nitrogens is 1. The molecule has 0 amide bonds. The zero-order chi connectivity index (χ0) is 11.2. The van der Waals surface area contributed by atoms with Crippen molar-refractivity contribution in [2.24, 2.45) is 0 Å². The van der Waals surface area contributed by atoms with Gasteiger partial charge in [-0.3, -0.25) is 0 Å². The lowest BCUT2D eigenvalue weighted by Gasteiger charge is -2.16. The van der Waals surface area contributed by atoms with Crippen LogP contribution in [0.5, 0.6) is 11.5 Å². The fraction of sp³-hybridized carbons (Fsp3) is 0.231. The van der Waals surface area contributed by atoms with Crippen molar-refractivity contribution >= 4 is 0 Å². The van der Waals surface area contributed by atoms with Gasteiger partial charge in [-0.15, -0.1) is 0 Å². The molecule has 16 heavy (non-hydrogen) atoms. The van der Waals surface area contributed by atoms with Crippen LogP contribution in [0.15, 0.2) is 36.5 Å². The molecule has 0 bridgehead atoms. The van der Waals surface area contributed by atoms with Crippen LogP contribution < -0.4 is 9.47 Å². The fourth-order valence-electron chi connectivity index (χ4n) is 1.90. The van der Waals surface area contributed by atoms with Crippen LogP contribution in [-0.2, 0) is 0 Å². The molecule has 0 spiro atoms. The Hall–Kier alpha value is -1.90. The maximum absolute atomic E-state index is 5.70. The van der Waals surface area contributed by atoms with Gasteiger partial charge in [-0.25, -0.2) is 0 Å². The van der Waals surface area contributed by atoms with E-state index < -0.39 is 5.79 Å². The number of rotatable bonds is 1. The van der Waals surface area contributed by atoms with E-state index in [2.05, 4.69) is 4.98 Å². The summed E-state index contributed by atoms with van der Waals surface area (Å²) in [7, 11) is 0. The van der Waals surface area contributed by atoms with Gasteiger partial charge in [-0.2, -0.15) is 0 Å². The van der Waals surface area contributed by atoms with Crippen molar-refractivity contribution < 1.29 is 9.47 Å². The molecule has 0 radical (unpaired) electrons. The van der Waals surface area contributed by atoms with Crippen LogP contribution >= 0.6 is 0 Å². The molecule has 0 fully saturated rings. The lowest BCUT2D eigenvalue weighted by molar-refractivity contribution is -0.0431. The minimum absolute atomic E-state index is 0.559. The second-order valence-corrected chi connectivity index (χ2v) is 4.35. The van der Waals surface area contributed by atoms with E-state index in [0.717, 1.165) is 22.8 Å². The Labute approximate surface area is 94.0 Å². The molecule has 0 aliphatic carbocycles. The monoisotopic (exact) mass is 215 g/mol. The number of nitrogens with one attached hydrogen (secondary N) is 1. The van der Waals surface area contributed by atoms with Crippen LogP contribution in [0.25, 0.3) is 11.3 Å². The van der Waals surface area contributed by atoms with Crippen LogP contribution in [0, 0.1) is 0 Å². The fourth-order valence-corrected chi connectivity index (χ4v) is 1.90. The molecule has 2 heterocycles. The predicted octanol–water partition coefficient (Wildman–Crippen LogP) is 3.19. The predicted molar refractivity (Wildman–Crippen MR) is 61.6 cm³/mol. The molecule has 1 aromatic carbocycles. The molecule has 1 N–H and O–H groups in total. The Morgan fingerprint density at radius 3 is 2.62 bits per heavy atom. The summed E-state index contributed by atoms with van der Waals surface area (Å²) < 4.78 is 11.3. The van der Waals surface area contributed by atoms with E-state index >= 15 is 0 Å². The van der Waals surface area contributed by atoms with Gasteiger partial charge in [0.1, 0.15) is 0 Å². The van der Waals surface area contributed by atoms with Gasteiger partial charge in [-0.05, 0) is 30.3 Å². The first kappa shape index (κ1) is 9.33. The molecule has 1 aliphatic heterocycles. The molecule has 82 valence electrons. The molecule has 1 aliphatic rings. The molecule has 3 rings (SSSR count). The van der Waals surface area contributed by atoms with Crippen LogP contribution in [-0.4, -0.2) is 10.8 Å². The number of benzene rings is 1. The Balaban J connectivity index is 2.03. The Morgan fingerprint density at radius 1 is 1.06 bits per heavy atom. The van der Waals surface area contributed by atoms with Crippen molar-refractivity contribution in [2.45, 2.75) is 19.6 Å². The summed E-state index contributed by atoms with van der Waals surface area (Å²) in [5, 5.41) is 0. The van der Waals surface area contributed by atoms with Gasteiger partial charge in [0, 0.05) is 31.3 Å². The first-order valence-electron chi connectivity index (χ1n) is 5.30. The minimum atomic E-state index is -0.559. The third-order valence-electron chi connectivity index (χ3n) is 2.56. The molecule has 0 unspecified atom stereocenters. The molecule has 3 nitrogen and oxygen atoms in total. The first-order chi connectivity index (χ1) is 7.64. The molecule has 0 saturated carbocycles. The maximum Gasteiger partial charge on any atom is 0.246 e. The van der Waals surface area contributed by atoms with Crippen molar-refractivity contribution in [3.8, 4) is 22.8 Å². The normalized spacial score (nSPS) is 16.4. The maximum atomic E-state index is 5.70. The number of hydrogen-bond acceptors (Lipinski definition) is 2. The number of aromatic amines is 1. The number of fused-ring (bicyclic) bond motifs is 1. The third kappa shape index (κ3) is 1.45. The SMILES string of the molecule is CC1(C)Oc2ccc(-c3ccc[nH]3)cc2O1. The molecular weight excluding hydrogens is 202 g/mol. The van der Waals surface area contributed by atoms with E-state index in [-0.39, 0.29) is 0 Å². The molecule has 0 saturated heterocycles. The molecule has 2 aromatic rings. The second kappa shape index (κ2) is 3.04. The molecule has 1 aromatic heterocycles. The summed E-state index contributed by atoms with van der Waals surface area (Å²) in [5.41, 5.74) is 2.18. The summed E-state index contributed by atoms with van der Waals surface area (Å²) in [6.07, 6.45) is 1.91. The molecule has 0 atom stereocenters. The summed E-state index contributed by atoms with van der Waals surface area (Å²) in [4.78, 5) is 3.17. The zero-order valence-electron chi connectivity index (χ0n) is 9.28. The van der Waals surface area contributed by atoms with Crippen molar-refractivity contribution in [1.82, 2.24) is 4.98 Å². The van der Waals surface area contributed by atoms with Crippen LogP contribution in [0.4, 0.5) is 0 Å².